The molecule has 1 amide bonds. The van der Waals surface area contributed by atoms with Crippen molar-refractivity contribution in [1.29, 1.82) is 0 Å². The number of hydrogen-bond donors (Lipinski definition) is 1. The van der Waals surface area contributed by atoms with E-state index in [2.05, 4.69) is 4.57 Å². The number of fused-ring (bicyclic) bond motifs is 1. The predicted octanol–water partition coefficient (Wildman–Crippen LogP) is 2.46. The molecule has 0 spiro atoms. The fourth-order valence-electron chi connectivity index (χ4n) is 3.79. The van der Waals surface area contributed by atoms with Gasteiger partial charge in [0.15, 0.2) is 11.5 Å². The van der Waals surface area contributed by atoms with E-state index in [-0.39, 0.29) is 12.0 Å². The van der Waals surface area contributed by atoms with Gasteiger partial charge in [0.1, 0.15) is 13.2 Å². The molecule has 1 saturated heterocycles. The first-order valence-corrected chi connectivity index (χ1v) is 9.11. The Morgan fingerprint density at radius 1 is 1.08 bits per heavy atom. The summed E-state index contributed by atoms with van der Waals surface area (Å²) in [6.45, 7) is 6.29. The van der Waals surface area contributed by atoms with Crippen LogP contribution in [0.15, 0.2) is 24.3 Å². The first kappa shape index (κ1) is 17.0. The molecule has 6 heteroatoms. The van der Waals surface area contributed by atoms with Gasteiger partial charge in [0.25, 0.3) is 5.91 Å². The van der Waals surface area contributed by atoms with Crippen molar-refractivity contribution in [3.05, 3.63) is 41.2 Å². The zero-order valence-electron chi connectivity index (χ0n) is 15.2. The third-order valence-electron chi connectivity index (χ3n) is 5.20. The molecule has 3 heterocycles. The number of carbonyl (C=O) groups excluding carboxylic acids is 1. The highest BCUT2D eigenvalue weighted by molar-refractivity contribution is 5.96. The molecule has 26 heavy (non-hydrogen) atoms. The van der Waals surface area contributed by atoms with Crippen LogP contribution in [0.5, 0.6) is 11.5 Å². The monoisotopic (exact) mass is 356 g/mol. The lowest BCUT2D eigenvalue weighted by molar-refractivity contribution is 0.0546. The van der Waals surface area contributed by atoms with E-state index in [0.717, 1.165) is 28.6 Å². The zero-order chi connectivity index (χ0) is 18.3. The van der Waals surface area contributed by atoms with Gasteiger partial charge in [0, 0.05) is 36.2 Å². The van der Waals surface area contributed by atoms with Crippen molar-refractivity contribution in [3.63, 3.8) is 0 Å². The second-order valence-corrected chi connectivity index (χ2v) is 6.97. The molecule has 2 aliphatic heterocycles. The highest BCUT2D eigenvalue weighted by atomic mass is 16.6. The SMILES string of the molecule is Cc1cc(C(=O)N2CCC(O)CC2)c(C)n1-c1ccc2c(c1)OCCO2. The first-order valence-electron chi connectivity index (χ1n) is 9.11. The van der Waals surface area contributed by atoms with Crippen molar-refractivity contribution in [2.24, 2.45) is 0 Å². The maximum Gasteiger partial charge on any atom is 0.255 e. The van der Waals surface area contributed by atoms with Crippen LogP contribution in [-0.4, -0.2) is 52.9 Å². The van der Waals surface area contributed by atoms with Crippen LogP contribution >= 0.6 is 0 Å². The van der Waals surface area contributed by atoms with Crippen LogP contribution < -0.4 is 9.47 Å². The number of likely N-dealkylation sites (tertiary alicyclic amines) is 1. The molecule has 2 aliphatic rings. The van der Waals surface area contributed by atoms with Crippen LogP contribution in [-0.2, 0) is 0 Å². The average Bonchev–Trinajstić information content (AvgIpc) is 2.95. The van der Waals surface area contributed by atoms with Crippen LogP contribution in [0.1, 0.15) is 34.6 Å². The van der Waals surface area contributed by atoms with Crippen molar-refractivity contribution >= 4 is 5.91 Å². The van der Waals surface area contributed by atoms with E-state index in [1.165, 1.54) is 0 Å². The number of aromatic nitrogens is 1. The Balaban J connectivity index is 1.65. The molecule has 1 fully saturated rings. The molecular formula is C20H24N2O4. The summed E-state index contributed by atoms with van der Waals surface area (Å²) in [7, 11) is 0. The van der Waals surface area contributed by atoms with Gasteiger partial charge in [-0.3, -0.25) is 4.79 Å². The van der Waals surface area contributed by atoms with Gasteiger partial charge in [-0.1, -0.05) is 0 Å². The Morgan fingerprint density at radius 2 is 1.77 bits per heavy atom. The second kappa shape index (κ2) is 6.68. The van der Waals surface area contributed by atoms with Gasteiger partial charge in [0.05, 0.1) is 11.7 Å². The van der Waals surface area contributed by atoms with Crippen molar-refractivity contribution in [2.75, 3.05) is 26.3 Å². The lowest BCUT2D eigenvalue weighted by Gasteiger charge is -2.29. The average molecular weight is 356 g/mol. The van der Waals surface area contributed by atoms with Gasteiger partial charge in [0.2, 0.25) is 0 Å². The highest BCUT2D eigenvalue weighted by Crippen LogP contribution is 2.33. The lowest BCUT2D eigenvalue weighted by Crippen LogP contribution is -2.40. The van der Waals surface area contributed by atoms with Crippen molar-refractivity contribution < 1.29 is 19.4 Å². The Kier molecular flexibility index (Phi) is 4.36. The molecule has 6 nitrogen and oxygen atoms in total. The van der Waals surface area contributed by atoms with Gasteiger partial charge in [-0.25, -0.2) is 0 Å². The summed E-state index contributed by atoms with van der Waals surface area (Å²) in [5.74, 6) is 1.53. The van der Waals surface area contributed by atoms with E-state index in [9.17, 15) is 9.90 Å². The fourth-order valence-corrected chi connectivity index (χ4v) is 3.79. The summed E-state index contributed by atoms with van der Waals surface area (Å²) in [6, 6.07) is 7.80. The van der Waals surface area contributed by atoms with Crippen LogP contribution in [0, 0.1) is 13.8 Å². The van der Waals surface area contributed by atoms with Gasteiger partial charge in [-0.15, -0.1) is 0 Å². The molecular weight excluding hydrogens is 332 g/mol. The summed E-state index contributed by atoms with van der Waals surface area (Å²) in [4.78, 5) is 14.8. The number of ether oxygens (including phenoxy) is 2. The normalized spacial score (nSPS) is 17.4. The smallest absolute Gasteiger partial charge is 0.255 e. The van der Waals surface area contributed by atoms with E-state index >= 15 is 0 Å². The maximum absolute atomic E-state index is 12.9. The van der Waals surface area contributed by atoms with Crippen LogP contribution in [0.3, 0.4) is 0 Å². The molecule has 138 valence electrons. The third-order valence-corrected chi connectivity index (χ3v) is 5.20. The van der Waals surface area contributed by atoms with E-state index < -0.39 is 0 Å². The van der Waals surface area contributed by atoms with Gasteiger partial charge in [-0.05, 0) is 44.9 Å². The Hall–Kier alpha value is -2.47. The topological polar surface area (TPSA) is 63.9 Å². The Labute approximate surface area is 152 Å². The molecule has 1 N–H and O–H groups in total. The quantitative estimate of drug-likeness (QED) is 0.898. The van der Waals surface area contributed by atoms with E-state index in [4.69, 9.17) is 9.47 Å². The number of aryl methyl sites for hydroxylation is 1. The summed E-state index contributed by atoms with van der Waals surface area (Å²) >= 11 is 0. The number of benzene rings is 1. The number of amides is 1. The van der Waals surface area contributed by atoms with Crippen LogP contribution in [0.25, 0.3) is 5.69 Å². The molecule has 1 aromatic heterocycles. The Bertz CT molecular complexity index is 835. The van der Waals surface area contributed by atoms with E-state index in [1.807, 2.05) is 43.0 Å². The van der Waals surface area contributed by atoms with Crippen molar-refractivity contribution in [2.45, 2.75) is 32.8 Å². The number of aliphatic hydroxyl groups is 1. The first-order chi connectivity index (χ1) is 12.5. The number of carbonyl (C=O) groups is 1. The molecule has 0 aliphatic carbocycles. The highest BCUT2D eigenvalue weighted by Gasteiger charge is 2.26. The van der Waals surface area contributed by atoms with Gasteiger partial charge < -0.3 is 24.0 Å². The second-order valence-electron chi connectivity index (χ2n) is 6.97. The molecule has 1 aromatic carbocycles. The number of piperidine rings is 1. The molecule has 4 rings (SSSR count). The lowest BCUT2D eigenvalue weighted by atomic mass is 10.1. The summed E-state index contributed by atoms with van der Waals surface area (Å²) in [5, 5.41) is 9.66. The maximum atomic E-state index is 12.9. The number of nitrogens with zero attached hydrogens (tertiary/aromatic N) is 2. The summed E-state index contributed by atoms with van der Waals surface area (Å²) < 4.78 is 13.4. The largest absolute Gasteiger partial charge is 0.486 e. The minimum Gasteiger partial charge on any atom is -0.486 e. The van der Waals surface area contributed by atoms with E-state index in [0.29, 0.717) is 44.7 Å². The van der Waals surface area contributed by atoms with Crippen molar-refractivity contribution in [3.8, 4) is 17.2 Å². The fraction of sp³-hybridized carbons (Fsp3) is 0.450. The number of aliphatic hydroxyl groups excluding tert-OH is 1. The van der Waals surface area contributed by atoms with Crippen molar-refractivity contribution in [1.82, 2.24) is 9.47 Å². The minimum atomic E-state index is -0.288. The molecule has 0 radical (unpaired) electrons. The van der Waals surface area contributed by atoms with Gasteiger partial charge in [-0.2, -0.15) is 0 Å². The molecule has 0 unspecified atom stereocenters. The number of hydrogen-bond acceptors (Lipinski definition) is 4. The summed E-state index contributed by atoms with van der Waals surface area (Å²) in [5.41, 5.74) is 3.58. The standard InChI is InChI=1S/C20H24N2O4/c1-13-11-17(20(24)21-7-5-16(23)6-8-21)14(2)22(13)15-3-4-18-19(12-15)26-10-9-25-18/h3-4,11-12,16,23H,5-10H2,1-2H3. The molecule has 2 aromatic rings. The van der Waals surface area contributed by atoms with E-state index in [1.54, 1.807) is 0 Å². The predicted molar refractivity (Wildman–Crippen MR) is 97.4 cm³/mol. The van der Waals surface area contributed by atoms with Crippen LogP contribution in [0.4, 0.5) is 0 Å². The minimum absolute atomic E-state index is 0.0359. The zero-order valence-corrected chi connectivity index (χ0v) is 15.2. The summed E-state index contributed by atoms with van der Waals surface area (Å²) in [6.07, 6.45) is 1.00. The third kappa shape index (κ3) is 2.94. The molecule has 0 bridgehead atoms. The van der Waals surface area contributed by atoms with Crippen LogP contribution in [0.2, 0.25) is 0 Å². The van der Waals surface area contributed by atoms with Gasteiger partial charge >= 0.3 is 0 Å². The Morgan fingerprint density at radius 3 is 2.50 bits per heavy atom. The molecule has 0 saturated carbocycles. The number of rotatable bonds is 2. The molecule has 0 atom stereocenters.